The molecule has 1 heterocycles. The zero-order valence-electron chi connectivity index (χ0n) is 12.8. The minimum absolute atomic E-state index is 0.107. The first-order valence-corrected chi connectivity index (χ1v) is 7.73. The molecule has 0 aromatic rings. The number of ether oxygens (including phenoxy) is 2. The summed E-state index contributed by atoms with van der Waals surface area (Å²) in [6.07, 6.45) is 4.18. The molecule has 1 aliphatic heterocycles. The van der Waals surface area contributed by atoms with Gasteiger partial charge in [0.25, 0.3) is 0 Å². The number of aliphatic hydroxyl groups is 1. The molecule has 110 valence electrons. The second-order valence-electron chi connectivity index (χ2n) is 7.91. The van der Waals surface area contributed by atoms with E-state index in [4.69, 9.17) is 9.47 Å². The monoisotopic (exact) mass is 268 g/mol. The van der Waals surface area contributed by atoms with Crippen molar-refractivity contribution < 1.29 is 14.6 Å². The number of fused-ring (bicyclic) bond motifs is 2. The fraction of sp³-hybridized carbons (Fsp3) is 1.00. The van der Waals surface area contributed by atoms with E-state index in [1.165, 1.54) is 6.42 Å². The third kappa shape index (κ3) is 1.61. The first-order valence-electron chi connectivity index (χ1n) is 7.73. The Morgan fingerprint density at radius 3 is 2.32 bits per heavy atom. The molecule has 3 atom stereocenters. The van der Waals surface area contributed by atoms with Crippen LogP contribution in [0, 0.1) is 22.2 Å². The molecule has 0 aromatic carbocycles. The van der Waals surface area contributed by atoms with E-state index in [1.807, 2.05) is 0 Å². The van der Waals surface area contributed by atoms with Crippen LogP contribution in [-0.2, 0) is 9.47 Å². The minimum atomic E-state index is -0.933. The van der Waals surface area contributed by atoms with E-state index in [0.29, 0.717) is 12.5 Å². The van der Waals surface area contributed by atoms with Crippen molar-refractivity contribution in [2.24, 2.45) is 22.2 Å². The van der Waals surface area contributed by atoms with Gasteiger partial charge in [0, 0.05) is 17.3 Å². The second kappa shape index (κ2) is 3.96. The highest BCUT2D eigenvalue weighted by molar-refractivity contribution is 5.14. The highest BCUT2D eigenvalue weighted by Gasteiger charge is 2.69. The highest BCUT2D eigenvalue weighted by Crippen LogP contribution is 2.70. The topological polar surface area (TPSA) is 38.7 Å². The van der Waals surface area contributed by atoms with Crippen LogP contribution in [0.2, 0.25) is 0 Å². The third-order valence-corrected chi connectivity index (χ3v) is 7.00. The second-order valence-corrected chi connectivity index (χ2v) is 7.91. The average molecular weight is 268 g/mol. The van der Waals surface area contributed by atoms with E-state index >= 15 is 0 Å². The minimum Gasteiger partial charge on any atom is -0.380 e. The van der Waals surface area contributed by atoms with Crippen molar-refractivity contribution in [2.45, 2.75) is 59.2 Å². The molecule has 2 aliphatic carbocycles. The molecule has 0 spiro atoms. The van der Waals surface area contributed by atoms with Gasteiger partial charge in [0.1, 0.15) is 0 Å². The maximum absolute atomic E-state index is 11.1. The molecule has 1 N–H and O–H groups in total. The zero-order chi connectivity index (χ0) is 13.9. The summed E-state index contributed by atoms with van der Waals surface area (Å²) in [4.78, 5) is 0. The highest BCUT2D eigenvalue weighted by atomic mass is 16.6. The lowest BCUT2D eigenvalue weighted by molar-refractivity contribution is -0.298. The van der Waals surface area contributed by atoms with Crippen molar-refractivity contribution in [1.82, 2.24) is 0 Å². The standard InChI is InChI=1S/C16H28O3/c1-5-15(9-18-10-15)11-19-16(17)8-12-6-7-14(16,4)13(12,2)3/h12,17H,5-11H2,1-4H3. The summed E-state index contributed by atoms with van der Waals surface area (Å²) in [6.45, 7) is 11.2. The Bertz CT molecular complexity index is 369. The summed E-state index contributed by atoms with van der Waals surface area (Å²) in [7, 11) is 0. The Balaban J connectivity index is 1.74. The Labute approximate surface area is 116 Å². The summed E-state index contributed by atoms with van der Waals surface area (Å²) in [5.41, 5.74) is 0.222. The fourth-order valence-corrected chi connectivity index (χ4v) is 4.48. The van der Waals surface area contributed by atoms with Crippen LogP contribution in [0.5, 0.6) is 0 Å². The van der Waals surface area contributed by atoms with Crippen LogP contribution in [0.3, 0.4) is 0 Å². The van der Waals surface area contributed by atoms with Gasteiger partial charge in [-0.3, -0.25) is 0 Å². The molecule has 0 radical (unpaired) electrons. The molecule has 0 amide bonds. The molecule has 3 nitrogen and oxygen atoms in total. The first kappa shape index (κ1) is 13.8. The van der Waals surface area contributed by atoms with Crippen molar-refractivity contribution in [1.29, 1.82) is 0 Å². The summed E-state index contributed by atoms with van der Waals surface area (Å²) in [5.74, 6) is -0.338. The molecule has 2 saturated carbocycles. The van der Waals surface area contributed by atoms with Crippen molar-refractivity contribution >= 4 is 0 Å². The van der Waals surface area contributed by atoms with Crippen LogP contribution in [0.25, 0.3) is 0 Å². The van der Waals surface area contributed by atoms with Crippen LogP contribution in [0.4, 0.5) is 0 Å². The Morgan fingerprint density at radius 1 is 1.26 bits per heavy atom. The van der Waals surface area contributed by atoms with Crippen LogP contribution in [0.1, 0.15) is 53.4 Å². The van der Waals surface area contributed by atoms with Crippen molar-refractivity contribution in [3.8, 4) is 0 Å². The molecule has 0 aromatic heterocycles. The lowest BCUT2D eigenvalue weighted by Crippen LogP contribution is -2.53. The van der Waals surface area contributed by atoms with Crippen molar-refractivity contribution in [2.75, 3.05) is 19.8 Å². The van der Waals surface area contributed by atoms with E-state index in [0.717, 1.165) is 32.5 Å². The van der Waals surface area contributed by atoms with E-state index in [-0.39, 0.29) is 16.2 Å². The number of hydrogen-bond donors (Lipinski definition) is 1. The van der Waals surface area contributed by atoms with Crippen LogP contribution >= 0.6 is 0 Å². The summed E-state index contributed by atoms with van der Waals surface area (Å²) in [5, 5.41) is 11.1. The SMILES string of the molecule is CCC1(COC2(O)CC3CCC2(C)C3(C)C)COC1. The van der Waals surface area contributed by atoms with E-state index in [9.17, 15) is 5.11 Å². The lowest BCUT2D eigenvalue weighted by Gasteiger charge is -2.48. The molecule has 1 saturated heterocycles. The maximum Gasteiger partial charge on any atom is 0.171 e. The van der Waals surface area contributed by atoms with Crippen LogP contribution in [0.15, 0.2) is 0 Å². The molecule has 3 rings (SSSR count). The zero-order valence-corrected chi connectivity index (χ0v) is 12.8. The van der Waals surface area contributed by atoms with Crippen LogP contribution < -0.4 is 0 Å². The Morgan fingerprint density at radius 2 is 1.95 bits per heavy atom. The van der Waals surface area contributed by atoms with Gasteiger partial charge in [-0.15, -0.1) is 0 Å². The van der Waals surface area contributed by atoms with Gasteiger partial charge in [-0.05, 0) is 30.6 Å². The quantitative estimate of drug-likeness (QED) is 0.797. The molecule has 3 heteroatoms. The van der Waals surface area contributed by atoms with Gasteiger partial charge < -0.3 is 14.6 Å². The molecule has 2 bridgehead atoms. The van der Waals surface area contributed by atoms with Gasteiger partial charge in [-0.25, -0.2) is 0 Å². The van der Waals surface area contributed by atoms with E-state index in [1.54, 1.807) is 0 Å². The molecular weight excluding hydrogens is 240 g/mol. The molecule has 19 heavy (non-hydrogen) atoms. The van der Waals surface area contributed by atoms with E-state index in [2.05, 4.69) is 27.7 Å². The number of rotatable bonds is 4. The van der Waals surface area contributed by atoms with Gasteiger partial charge in [0.05, 0.1) is 19.8 Å². The molecular formula is C16H28O3. The first-order chi connectivity index (χ1) is 8.79. The van der Waals surface area contributed by atoms with Crippen molar-refractivity contribution in [3.05, 3.63) is 0 Å². The summed E-state index contributed by atoms with van der Waals surface area (Å²) < 4.78 is 11.5. The predicted molar refractivity (Wildman–Crippen MR) is 73.7 cm³/mol. The summed E-state index contributed by atoms with van der Waals surface area (Å²) >= 11 is 0. The van der Waals surface area contributed by atoms with Gasteiger partial charge in [-0.2, -0.15) is 0 Å². The molecule has 3 unspecified atom stereocenters. The summed E-state index contributed by atoms with van der Waals surface area (Å²) in [6, 6.07) is 0. The van der Waals surface area contributed by atoms with Crippen molar-refractivity contribution in [3.63, 3.8) is 0 Å². The van der Waals surface area contributed by atoms with Gasteiger partial charge >= 0.3 is 0 Å². The van der Waals surface area contributed by atoms with E-state index < -0.39 is 5.79 Å². The normalized spacial score (nSPS) is 46.3. The van der Waals surface area contributed by atoms with Gasteiger partial charge in [0.2, 0.25) is 0 Å². The lowest BCUT2D eigenvalue weighted by atomic mass is 9.68. The van der Waals surface area contributed by atoms with Gasteiger partial charge in [-0.1, -0.05) is 27.7 Å². The smallest absolute Gasteiger partial charge is 0.171 e. The number of hydrogen-bond acceptors (Lipinski definition) is 3. The molecule has 3 fully saturated rings. The predicted octanol–water partition coefficient (Wildman–Crippen LogP) is 2.96. The Kier molecular flexibility index (Phi) is 2.88. The third-order valence-electron chi connectivity index (χ3n) is 7.00. The van der Waals surface area contributed by atoms with Gasteiger partial charge in [0.15, 0.2) is 5.79 Å². The Hall–Kier alpha value is -0.120. The maximum atomic E-state index is 11.1. The average Bonchev–Trinajstić information content (AvgIpc) is 2.60. The van der Waals surface area contributed by atoms with Crippen LogP contribution in [-0.4, -0.2) is 30.7 Å². The fourth-order valence-electron chi connectivity index (χ4n) is 4.48. The largest absolute Gasteiger partial charge is 0.380 e. The molecule has 3 aliphatic rings.